The van der Waals surface area contributed by atoms with Gasteiger partial charge in [-0.3, -0.25) is 4.79 Å². The van der Waals surface area contributed by atoms with Crippen LogP contribution in [0.25, 0.3) is 0 Å². The molecule has 7 heteroatoms. The van der Waals surface area contributed by atoms with Crippen LogP contribution in [0.5, 0.6) is 0 Å². The molecule has 0 aromatic heterocycles. The largest absolute Gasteiger partial charge is 0.550 e. The van der Waals surface area contributed by atoms with Gasteiger partial charge < -0.3 is 24.9 Å². The molecule has 0 unspecified atom stereocenters. The fraction of sp³-hybridized carbons (Fsp3) is 0.812. The van der Waals surface area contributed by atoms with E-state index in [2.05, 4.69) is 5.32 Å². The molecule has 23 heavy (non-hydrogen) atoms. The molecule has 0 bridgehead atoms. The molecule has 7 nitrogen and oxygen atoms in total. The van der Waals surface area contributed by atoms with E-state index in [-0.39, 0.29) is 11.8 Å². The lowest BCUT2D eigenvalue weighted by molar-refractivity contribution is -0.312. The van der Waals surface area contributed by atoms with Crippen molar-refractivity contribution < 1.29 is 24.2 Å². The molecule has 1 atom stereocenters. The fourth-order valence-corrected chi connectivity index (χ4v) is 2.48. The van der Waals surface area contributed by atoms with Gasteiger partial charge in [-0.05, 0) is 39.5 Å². The maximum absolute atomic E-state index is 12.6. The van der Waals surface area contributed by atoms with Gasteiger partial charge >= 0.3 is 6.09 Å². The number of rotatable bonds is 4. The summed E-state index contributed by atoms with van der Waals surface area (Å²) in [5.74, 6) is -1.88. The number of nitrogens with zero attached hydrogens (tertiary/aromatic N) is 1. The Kier molecular flexibility index (Phi) is 6.41. The summed E-state index contributed by atoms with van der Waals surface area (Å²) < 4.78 is 5.20. The standard InChI is InChI=1S/C16H28N2O5/c1-10(2)12(17-15(22)23-16(3,4)5)13(19)18-8-6-11(7-9-18)14(20)21/h10-12H,6-9H2,1-5H3,(H,17,22)(H,20,21)/p-1/t12-/m0/s1. The number of ether oxygens (including phenoxy) is 1. The zero-order valence-corrected chi connectivity index (χ0v) is 14.5. The number of amides is 2. The van der Waals surface area contributed by atoms with Crippen LogP contribution in [0.1, 0.15) is 47.5 Å². The number of carboxylic acids is 1. The molecule has 0 saturated carbocycles. The molecule has 0 radical (unpaired) electrons. The first-order valence-electron chi connectivity index (χ1n) is 8.00. The third-order valence-electron chi connectivity index (χ3n) is 3.74. The van der Waals surface area contributed by atoms with E-state index in [1.54, 1.807) is 25.7 Å². The van der Waals surface area contributed by atoms with Crippen molar-refractivity contribution in [1.29, 1.82) is 0 Å². The quantitative estimate of drug-likeness (QED) is 0.812. The highest BCUT2D eigenvalue weighted by Gasteiger charge is 2.32. The van der Waals surface area contributed by atoms with E-state index < -0.39 is 29.6 Å². The summed E-state index contributed by atoms with van der Waals surface area (Å²) in [4.78, 5) is 37.0. The number of nitrogens with one attached hydrogen (secondary N) is 1. The molecule has 0 aliphatic carbocycles. The number of aliphatic carboxylic acids is 1. The number of carbonyl (C=O) groups is 3. The molecule has 1 rings (SSSR count). The molecule has 0 aromatic rings. The van der Waals surface area contributed by atoms with Crippen LogP contribution in [0.4, 0.5) is 4.79 Å². The van der Waals surface area contributed by atoms with Gasteiger partial charge in [0.2, 0.25) is 5.91 Å². The highest BCUT2D eigenvalue weighted by Crippen LogP contribution is 2.19. The number of alkyl carbamates (subject to hydrolysis) is 1. The maximum Gasteiger partial charge on any atom is 0.408 e. The third-order valence-corrected chi connectivity index (χ3v) is 3.74. The summed E-state index contributed by atoms with van der Waals surface area (Å²) in [7, 11) is 0. The van der Waals surface area contributed by atoms with Crippen molar-refractivity contribution in [3.8, 4) is 0 Å². The van der Waals surface area contributed by atoms with Gasteiger partial charge in [0.1, 0.15) is 11.6 Å². The molecule has 132 valence electrons. The molecular formula is C16H27N2O5-. The first-order valence-corrected chi connectivity index (χ1v) is 8.00. The minimum Gasteiger partial charge on any atom is -0.550 e. The Bertz CT molecular complexity index is 448. The van der Waals surface area contributed by atoms with Crippen LogP contribution in [-0.4, -0.2) is 47.6 Å². The Hall–Kier alpha value is -1.79. The van der Waals surface area contributed by atoms with Crippen molar-refractivity contribution >= 4 is 18.0 Å². The predicted molar refractivity (Wildman–Crippen MR) is 82.3 cm³/mol. The average molecular weight is 327 g/mol. The van der Waals surface area contributed by atoms with Crippen molar-refractivity contribution in [2.75, 3.05) is 13.1 Å². The predicted octanol–water partition coefficient (Wildman–Crippen LogP) is 0.524. The van der Waals surface area contributed by atoms with Crippen LogP contribution >= 0.6 is 0 Å². The zero-order valence-electron chi connectivity index (χ0n) is 14.5. The topological polar surface area (TPSA) is 98.8 Å². The number of piperidine rings is 1. The first-order chi connectivity index (χ1) is 10.5. The maximum atomic E-state index is 12.6. The Balaban J connectivity index is 2.65. The Labute approximate surface area is 137 Å². The van der Waals surface area contributed by atoms with Crippen molar-refractivity contribution in [1.82, 2.24) is 10.2 Å². The first kappa shape index (κ1) is 19.3. The van der Waals surface area contributed by atoms with Crippen molar-refractivity contribution in [3.63, 3.8) is 0 Å². The minimum absolute atomic E-state index is 0.103. The van der Waals surface area contributed by atoms with Crippen molar-refractivity contribution in [2.45, 2.75) is 59.1 Å². The summed E-state index contributed by atoms with van der Waals surface area (Å²) in [5, 5.41) is 13.5. The molecule has 1 aliphatic rings. The van der Waals surface area contributed by atoms with Crippen molar-refractivity contribution in [3.05, 3.63) is 0 Å². The number of carboxylic acid groups (broad SMARTS) is 1. The second-order valence-corrected chi connectivity index (χ2v) is 7.29. The molecule has 1 heterocycles. The molecule has 1 saturated heterocycles. The molecule has 0 spiro atoms. The number of carbonyl (C=O) groups excluding carboxylic acids is 3. The molecule has 0 aromatic carbocycles. The van der Waals surface area contributed by atoms with Crippen molar-refractivity contribution in [2.24, 2.45) is 11.8 Å². The lowest BCUT2D eigenvalue weighted by atomic mass is 9.95. The summed E-state index contributed by atoms with van der Waals surface area (Å²) in [6, 6.07) is -0.690. The lowest BCUT2D eigenvalue weighted by Crippen LogP contribution is -2.54. The highest BCUT2D eigenvalue weighted by molar-refractivity contribution is 5.86. The monoisotopic (exact) mass is 327 g/mol. The molecule has 1 N–H and O–H groups in total. The van der Waals surface area contributed by atoms with Gasteiger partial charge in [-0.2, -0.15) is 0 Å². The van der Waals surface area contributed by atoms with Gasteiger partial charge in [-0.15, -0.1) is 0 Å². The lowest BCUT2D eigenvalue weighted by Gasteiger charge is -2.35. The number of likely N-dealkylation sites (tertiary alicyclic amines) is 1. The Morgan fingerprint density at radius 3 is 2.09 bits per heavy atom. The minimum atomic E-state index is -1.07. The van der Waals surface area contributed by atoms with Crippen LogP contribution in [0.2, 0.25) is 0 Å². The molecular weight excluding hydrogens is 300 g/mol. The van der Waals surface area contributed by atoms with E-state index >= 15 is 0 Å². The number of hydrogen-bond acceptors (Lipinski definition) is 5. The normalized spacial score (nSPS) is 17.7. The van der Waals surface area contributed by atoms with E-state index in [4.69, 9.17) is 4.74 Å². The zero-order chi connectivity index (χ0) is 17.8. The van der Waals surface area contributed by atoms with Crippen LogP contribution in [0, 0.1) is 11.8 Å². The second kappa shape index (κ2) is 7.66. The van der Waals surface area contributed by atoms with Gasteiger partial charge in [0.25, 0.3) is 0 Å². The Morgan fingerprint density at radius 2 is 1.70 bits per heavy atom. The fourth-order valence-electron chi connectivity index (χ4n) is 2.48. The van der Waals surface area contributed by atoms with E-state index in [0.717, 1.165) is 0 Å². The van der Waals surface area contributed by atoms with E-state index in [1.807, 2.05) is 13.8 Å². The molecule has 2 amide bonds. The average Bonchev–Trinajstić information content (AvgIpc) is 2.42. The third kappa shape index (κ3) is 6.08. The Morgan fingerprint density at radius 1 is 1.17 bits per heavy atom. The summed E-state index contributed by atoms with van der Waals surface area (Å²) in [6.07, 6.45) is 0.130. The van der Waals surface area contributed by atoms with E-state index in [1.165, 1.54) is 0 Å². The van der Waals surface area contributed by atoms with Gasteiger partial charge in [-0.25, -0.2) is 4.79 Å². The van der Waals surface area contributed by atoms with Gasteiger partial charge in [-0.1, -0.05) is 13.8 Å². The SMILES string of the molecule is CC(C)[C@H](NC(=O)OC(C)(C)C)C(=O)N1CCC(C(=O)[O-])CC1. The van der Waals surface area contributed by atoms with Crippen LogP contribution in [0.15, 0.2) is 0 Å². The van der Waals surface area contributed by atoms with Crippen LogP contribution in [0.3, 0.4) is 0 Å². The molecule has 1 fully saturated rings. The summed E-state index contributed by atoms with van der Waals surface area (Å²) in [5.41, 5.74) is -0.637. The van der Waals surface area contributed by atoms with E-state index in [0.29, 0.717) is 25.9 Å². The van der Waals surface area contributed by atoms with Crippen LogP contribution in [-0.2, 0) is 14.3 Å². The summed E-state index contributed by atoms with van der Waals surface area (Å²) >= 11 is 0. The summed E-state index contributed by atoms with van der Waals surface area (Å²) in [6.45, 7) is 9.66. The molecule has 1 aliphatic heterocycles. The highest BCUT2D eigenvalue weighted by atomic mass is 16.6. The van der Waals surface area contributed by atoms with E-state index in [9.17, 15) is 19.5 Å². The number of hydrogen-bond donors (Lipinski definition) is 1. The van der Waals surface area contributed by atoms with Crippen LogP contribution < -0.4 is 10.4 Å². The van der Waals surface area contributed by atoms with Gasteiger partial charge in [0, 0.05) is 25.0 Å². The second-order valence-electron chi connectivity index (χ2n) is 7.29. The van der Waals surface area contributed by atoms with Gasteiger partial charge in [0.15, 0.2) is 0 Å². The smallest absolute Gasteiger partial charge is 0.408 e. The van der Waals surface area contributed by atoms with Gasteiger partial charge in [0.05, 0.1) is 0 Å².